The third kappa shape index (κ3) is 5.79. The van der Waals surface area contributed by atoms with Crippen LogP contribution in [0.2, 0.25) is 0 Å². The van der Waals surface area contributed by atoms with Crippen molar-refractivity contribution in [1.82, 2.24) is 5.32 Å². The molecule has 0 aliphatic carbocycles. The highest BCUT2D eigenvalue weighted by molar-refractivity contribution is 9.10. The molecule has 0 bridgehead atoms. The number of nitrogens with one attached hydrogen (secondary N) is 1. The Morgan fingerprint density at radius 3 is 2.31 bits per heavy atom. The van der Waals surface area contributed by atoms with Crippen LogP contribution < -0.4 is 10.1 Å². The number of benzene rings is 3. The molecule has 3 aromatic rings. The Balaban J connectivity index is 1.76. The molecule has 0 radical (unpaired) electrons. The number of amides is 1. The van der Waals surface area contributed by atoms with E-state index in [2.05, 4.69) is 37.2 Å². The van der Waals surface area contributed by atoms with Gasteiger partial charge in [0.05, 0.1) is 4.47 Å². The van der Waals surface area contributed by atoms with Gasteiger partial charge in [-0.1, -0.05) is 46.3 Å². The summed E-state index contributed by atoms with van der Waals surface area (Å²) >= 11 is 6.71. The summed E-state index contributed by atoms with van der Waals surface area (Å²) in [5.41, 5.74) is 0.731. The Morgan fingerprint density at radius 1 is 0.931 bits per heavy atom. The molecule has 7 heteroatoms. The van der Waals surface area contributed by atoms with Gasteiger partial charge in [0.1, 0.15) is 17.2 Å². The Labute approximate surface area is 184 Å². The van der Waals surface area contributed by atoms with Crippen LogP contribution in [-0.2, 0) is 4.79 Å². The standard InChI is InChI=1S/C22H15Br2NO4/c23-16-5-3-4-15(13-16)21(26)25-19(22(27)28)12-14-8-10-17(11-9-14)29-20-7-2-1-6-18(20)24/h1-13H,(H,25,26)(H,27,28)/b19-12-. The molecule has 0 saturated carbocycles. The first-order valence-electron chi connectivity index (χ1n) is 8.47. The van der Waals surface area contributed by atoms with Gasteiger partial charge in [-0.05, 0) is 70.0 Å². The SMILES string of the molecule is O=C(O)/C(=C/c1ccc(Oc2ccccc2Br)cc1)NC(=O)c1cccc(Br)c1. The highest BCUT2D eigenvalue weighted by Crippen LogP contribution is 2.29. The maximum absolute atomic E-state index is 12.3. The number of ether oxygens (including phenoxy) is 1. The molecule has 0 saturated heterocycles. The zero-order chi connectivity index (χ0) is 20.8. The number of halogens is 2. The van der Waals surface area contributed by atoms with Crippen molar-refractivity contribution >= 4 is 49.8 Å². The molecule has 1 amide bonds. The van der Waals surface area contributed by atoms with E-state index in [4.69, 9.17) is 4.74 Å². The van der Waals surface area contributed by atoms with E-state index >= 15 is 0 Å². The molecule has 5 nitrogen and oxygen atoms in total. The van der Waals surface area contributed by atoms with Crippen molar-refractivity contribution in [2.24, 2.45) is 0 Å². The van der Waals surface area contributed by atoms with E-state index in [0.717, 1.165) is 8.95 Å². The summed E-state index contributed by atoms with van der Waals surface area (Å²) in [5, 5.41) is 11.9. The molecule has 0 aliphatic heterocycles. The number of carboxylic acids is 1. The van der Waals surface area contributed by atoms with Crippen LogP contribution in [0.25, 0.3) is 6.08 Å². The first kappa shape index (κ1) is 20.8. The molecule has 0 fully saturated rings. The van der Waals surface area contributed by atoms with Crippen LogP contribution in [0, 0.1) is 0 Å². The largest absolute Gasteiger partial charge is 0.477 e. The second-order valence-corrected chi connectivity index (χ2v) is 7.70. The lowest BCUT2D eigenvalue weighted by atomic mass is 10.1. The fourth-order valence-electron chi connectivity index (χ4n) is 2.43. The molecule has 0 aromatic heterocycles. The Hall–Kier alpha value is -2.90. The number of carbonyl (C=O) groups excluding carboxylic acids is 1. The molecular weight excluding hydrogens is 502 g/mol. The molecule has 0 spiro atoms. The van der Waals surface area contributed by atoms with Crippen molar-refractivity contribution in [2.75, 3.05) is 0 Å². The summed E-state index contributed by atoms with van der Waals surface area (Å²) in [7, 11) is 0. The van der Waals surface area contributed by atoms with Crippen LogP contribution in [0.4, 0.5) is 0 Å². The summed E-state index contributed by atoms with van der Waals surface area (Å²) in [5.74, 6) is -0.469. The summed E-state index contributed by atoms with van der Waals surface area (Å²) < 4.78 is 7.35. The Kier molecular flexibility index (Phi) is 6.85. The van der Waals surface area contributed by atoms with E-state index in [1.54, 1.807) is 48.5 Å². The maximum atomic E-state index is 12.3. The third-order valence-corrected chi connectivity index (χ3v) is 4.97. The monoisotopic (exact) mass is 515 g/mol. The van der Waals surface area contributed by atoms with Gasteiger partial charge in [-0.2, -0.15) is 0 Å². The first-order valence-corrected chi connectivity index (χ1v) is 10.1. The molecule has 146 valence electrons. The van der Waals surface area contributed by atoms with Gasteiger partial charge in [0.25, 0.3) is 5.91 Å². The average Bonchev–Trinajstić information content (AvgIpc) is 2.70. The van der Waals surface area contributed by atoms with Crippen molar-refractivity contribution in [3.8, 4) is 11.5 Å². The molecule has 0 aliphatic rings. The molecule has 0 heterocycles. The fraction of sp³-hybridized carbons (Fsp3) is 0. The molecule has 2 N–H and O–H groups in total. The van der Waals surface area contributed by atoms with Crippen LogP contribution in [0.3, 0.4) is 0 Å². The van der Waals surface area contributed by atoms with E-state index in [-0.39, 0.29) is 5.70 Å². The van der Waals surface area contributed by atoms with Crippen molar-refractivity contribution in [3.63, 3.8) is 0 Å². The predicted octanol–water partition coefficient (Wildman–Crippen LogP) is 5.86. The number of para-hydroxylation sites is 1. The number of rotatable bonds is 6. The summed E-state index contributed by atoms with van der Waals surface area (Å²) in [6, 6.07) is 21.0. The van der Waals surface area contributed by atoms with Crippen LogP contribution in [0.1, 0.15) is 15.9 Å². The average molecular weight is 517 g/mol. The summed E-state index contributed by atoms with van der Waals surface area (Å²) in [4.78, 5) is 23.9. The van der Waals surface area contributed by atoms with Gasteiger partial charge in [-0.3, -0.25) is 4.79 Å². The number of hydrogen-bond donors (Lipinski definition) is 2. The highest BCUT2D eigenvalue weighted by atomic mass is 79.9. The zero-order valence-corrected chi connectivity index (χ0v) is 18.1. The van der Waals surface area contributed by atoms with Crippen molar-refractivity contribution in [3.05, 3.63) is 98.6 Å². The van der Waals surface area contributed by atoms with E-state index in [1.807, 2.05) is 24.3 Å². The van der Waals surface area contributed by atoms with Gasteiger partial charge >= 0.3 is 5.97 Å². The zero-order valence-electron chi connectivity index (χ0n) is 14.9. The van der Waals surface area contributed by atoms with Gasteiger partial charge < -0.3 is 15.2 Å². The predicted molar refractivity (Wildman–Crippen MR) is 118 cm³/mol. The van der Waals surface area contributed by atoms with E-state index in [1.165, 1.54) is 6.08 Å². The molecule has 0 unspecified atom stereocenters. The number of carboxylic acid groups (broad SMARTS) is 1. The Bertz CT molecular complexity index is 1080. The minimum atomic E-state index is -1.23. The number of aliphatic carboxylic acids is 1. The lowest BCUT2D eigenvalue weighted by Gasteiger charge is -2.09. The summed E-state index contributed by atoms with van der Waals surface area (Å²) in [6.07, 6.45) is 1.39. The number of hydrogen-bond acceptors (Lipinski definition) is 3. The van der Waals surface area contributed by atoms with Gasteiger partial charge in [0.15, 0.2) is 0 Å². The third-order valence-electron chi connectivity index (χ3n) is 3.82. The van der Waals surface area contributed by atoms with Crippen molar-refractivity contribution < 1.29 is 19.4 Å². The van der Waals surface area contributed by atoms with Gasteiger partial charge in [0.2, 0.25) is 0 Å². The van der Waals surface area contributed by atoms with Crippen LogP contribution >= 0.6 is 31.9 Å². The van der Waals surface area contributed by atoms with E-state index < -0.39 is 11.9 Å². The molecule has 0 atom stereocenters. The van der Waals surface area contributed by atoms with Gasteiger partial charge in [0, 0.05) is 10.0 Å². The number of carbonyl (C=O) groups is 2. The molecule has 29 heavy (non-hydrogen) atoms. The quantitative estimate of drug-likeness (QED) is 0.402. The van der Waals surface area contributed by atoms with Crippen LogP contribution in [-0.4, -0.2) is 17.0 Å². The minimum absolute atomic E-state index is 0.227. The van der Waals surface area contributed by atoms with Crippen molar-refractivity contribution in [1.29, 1.82) is 0 Å². The molecular formula is C22H15Br2NO4. The smallest absolute Gasteiger partial charge is 0.352 e. The fourth-order valence-corrected chi connectivity index (χ4v) is 3.19. The topological polar surface area (TPSA) is 75.6 Å². The second-order valence-electron chi connectivity index (χ2n) is 5.93. The van der Waals surface area contributed by atoms with Gasteiger partial charge in [-0.25, -0.2) is 4.79 Å². The van der Waals surface area contributed by atoms with Gasteiger partial charge in [-0.15, -0.1) is 0 Å². The molecule has 3 aromatic carbocycles. The maximum Gasteiger partial charge on any atom is 0.352 e. The highest BCUT2D eigenvalue weighted by Gasteiger charge is 2.13. The van der Waals surface area contributed by atoms with E-state index in [9.17, 15) is 14.7 Å². The summed E-state index contributed by atoms with van der Waals surface area (Å²) in [6.45, 7) is 0. The normalized spacial score (nSPS) is 11.0. The molecule has 3 rings (SSSR count). The first-order chi connectivity index (χ1) is 13.9. The van der Waals surface area contributed by atoms with Crippen LogP contribution in [0.5, 0.6) is 11.5 Å². The second kappa shape index (κ2) is 9.54. The van der Waals surface area contributed by atoms with Crippen molar-refractivity contribution in [2.45, 2.75) is 0 Å². The lowest BCUT2D eigenvalue weighted by Crippen LogP contribution is -2.27. The minimum Gasteiger partial charge on any atom is -0.477 e. The van der Waals surface area contributed by atoms with Crippen LogP contribution in [0.15, 0.2) is 87.4 Å². The Morgan fingerprint density at radius 2 is 1.66 bits per heavy atom. The lowest BCUT2D eigenvalue weighted by molar-refractivity contribution is -0.132. The van der Waals surface area contributed by atoms with E-state index in [0.29, 0.717) is 22.6 Å².